The van der Waals surface area contributed by atoms with Crippen molar-refractivity contribution >= 4 is 58.3 Å². The lowest BCUT2D eigenvalue weighted by molar-refractivity contribution is -0.139. The van der Waals surface area contributed by atoms with Crippen LogP contribution < -0.4 is 26.8 Å². The van der Waals surface area contributed by atoms with E-state index in [-0.39, 0.29) is 37.0 Å². The number of nitrogens with two attached hydrogens (primary N) is 2. The number of aliphatic carboxylic acids is 2. The van der Waals surface area contributed by atoms with Crippen molar-refractivity contribution in [2.45, 2.75) is 76.5 Å². The molecule has 22 heteroatoms. The molecule has 2 atom stereocenters. The van der Waals surface area contributed by atoms with Crippen LogP contribution in [0.5, 0.6) is 5.75 Å². The molecule has 0 spiro atoms. The first-order valence-electron chi connectivity index (χ1n) is 21.1. The van der Waals surface area contributed by atoms with Crippen LogP contribution in [0.1, 0.15) is 55.8 Å². The lowest BCUT2D eigenvalue weighted by atomic mass is 10.1. The van der Waals surface area contributed by atoms with Crippen molar-refractivity contribution in [2.24, 2.45) is 5.73 Å². The highest BCUT2D eigenvalue weighted by molar-refractivity contribution is 8.00. The molecule has 1 fully saturated rings. The molecule has 0 unspecified atom stereocenters. The number of nitrogens with one attached hydrogen (secondary N) is 2. The summed E-state index contributed by atoms with van der Waals surface area (Å²) in [7, 11) is 1.69. The van der Waals surface area contributed by atoms with Crippen LogP contribution in [-0.2, 0) is 54.8 Å². The zero-order valence-corrected chi connectivity index (χ0v) is 36.8. The lowest BCUT2D eigenvalue weighted by Gasteiger charge is -2.35. The number of nitrogen functional groups attached to an aromatic ring is 1. The van der Waals surface area contributed by atoms with Gasteiger partial charge in [0.05, 0.1) is 71.3 Å². The second-order valence-electron chi connectivity index (χ2n) is 15.1. The van der Waals surface area contributed by atoms with Crippen LogP contribution in [0.3, 0.4) is 0 Å². The number of nitrogens with zero attached hydrogens (tertiary/aromatic N) is 8. The summed E-state index contributed by atoms with van der Waals surface area (Å²) in [6, 6.07) is 7.06. The molecule has 1 saturated heterocycles. The molecule has 63 heavy (non-hydrogen) atoms. The van der Waals surface area contributed by atoms with Gasteiger partial charge in [0.2, 0.25) is 17.8 Å². The van der Waals surface area contributed by atoms with E-state index < -0.39 is 29.1 Å². The average Bonchev–Trinajstić information content (AvgIpc) is 3.90. The van der Waals surface area contributed by atoms with E-state index in [1.165, 1.54) is 0 Å². The van der Waals surface area contributed by atoms with Crippen molar-refractivity contribution < 1.29 is 43.6 Å². The fourth-order valence-electron chi connectivity index (χ4n) is 6.84. The SMILES string of the molecule is CCCCCNc1nc(N)nc2ccn(Cc3ccc(CN4CCN(C(=O)CCOCCOCCn5cc(CNC(=O)C[C@@H](SC[C@H](N)C(=O)O)C(=O)O)nn5)CC4)cc3OC)c12. The van der Waals surface area contributed by atoms with Crippen molar-refractivity contribution in [1.29, 1.82) is 0 Å². The number of unbranched alkanes of at least 4 members (excludes halogenated alkanes) is 2. The first-order valence-corrected chi connectivity index (χ1v) is 22.1. The summed E-state index contributed by atoms with van der Waals surface area (Å²) < 4.78 is 20.8. The predicted molar refractivity (Wildman–Crippen MR) is 236 cm³/mol. The number of methoxy groups -OCH3 is 1. The van der Waals surface area contributed by atoms with Gasteiger partial charge >= 0.3 is 11.9 Å². The van der Waals surface area contributed by atoms with Gasteiger partial charge < -0.3 is 56.0 Å². The zero-order chi connectivity index (χ0) is 45.1. The highest BCUT2D eigenvalue weighted by Crippen LogP contribution is 2.28. The normalized spacial score (nSPS) is 14.1. The van der Waals surface area contributed by atoms with Crippen molar-refractivity contribution in [3.05, 3.63) is 53.5 Å². The highest BCUT2D eigenvalue weighted by atomic mass is 32.2. The number of thioether (sulfide) groups is 1. The standard InChI is InChI=1S/C41H60N12O9S/c1-3-4-5-10-44-38-37-32(46-41(43)47-38)8-11-52(37)25-29-7-6-28(21-33(29)60-2)24-50-12-14-51(15-13-50)36(55)9-17-61-19-20-62-18-16-53-26-30(48-49-53)23-45-35(54)22-34(40(58)59)63-27-31(42)39(56)57/h6-8,11,21,26,31,34H,3-5,9-10,12-20,22-25,27,42H2,1-2H3,(H,45,54)(H,56,57)(H,58,59)(H3,43,44,46,47)/t31-,34+/m0/s1. The molecule has 4 heterocycles. The number of benzene rings is 1. The third-order valence-corrected chi connectivity index (χ3v) is 11.6. The summed E-state index contributed by atoms with van der Waals surface area (Å²) in [5.74, 6) is -1.30. The quantitative estimate of drug-likeness (QED) is 0.0442. The molecule has 21 nitrogen and oxygen atoms in total. The number of anilines is 2. The molecule has 0 aliphatic carbocycles. The van der Waals surface area contributed by atoms with Gasteiger partial charge in [0.25, 0.3) is 0 Å². The number of aromatic nitrogens is 6. The molecule has 4 aromatic rings. The smallest absolute Gasteiger partial charge is 0.321 e. The number of piperazine rings is 1. The minimum atomic E-state index is -1.25. The topological polar surface area (TPSA) is 280 Å². The third kappa shape index (κ3) is 15.3. The van der Waals surface area contributed by atoms with Gasteiger partial charge in [0.1, 0.15) is 28.3 Å². The van der Waals surface area contributed by atoms with Crippen LogP contribution in [-0.4, -0.2) is 157 Å². The van der Waals surface area contributed by atoms with Crippen LogP contribution in [0, 0.1) is 0 Å². The summed E-state index contributed by atoms with van der Waals surface area (Å²) in [4.78, 5) is 60.7. The maximum atomic E-state index is 12.9. The van der Waals surface area contributed by atoms with E-state index in [2.05, 4.69) is 65.5 Å². The molecular weight excluding hydrogens is 837 g/mol. The number of ether oxygens (including phenoxy) is 3. The highest BCUT2D eigenvalue weighted by Gasteiger charge is 2.25. The monoisotopic (exact) mass is 896 g/mol. The molecule has 3 aromatic heterocycles. The van der Waals surface area contributed by atoms with Gasteiger partial charge in [0.15, 0.2) is 5.82 Å². The molecule has 0 bridgehead atoms. The zero-order valence-electron chi connectivity index (χ0n) is 35.9. The van der Waals surface area contributed by atoms with Crippen molar-refractivity contribution in [3.8, 4) is 5.75 Å². The van der Waals surface area contributed by atoms with Crippen molar-refractivity contribution in [1.82, 2.24) is 44.6 Å². The van der Waals surface area contributed by atoms with Crippen LogP contribution in [0.4, 0.5) is 11.8 Å². The van der Waals surface area contributed by atoms with Gasteiger partial charge in [-0.2, -0.15) is 4.98 Å². The Morgan fingerprint density at radius 3 is 2.48 bits per heavy atom. The van der Waals surface area contributed by atoms with E-state index in [9.17, 15) is 24.3 Å². The van der Waals surface area contributed by atoms with Crippen molar-refractivity contribution in [2.75, 3.05) is 83.1 Å². The van der Waals surface area contributed by atoms with E-state index in [1.807, 2.05) is 17.2 Å². The van der Waals surface area contributed by atoms with Gasteiger partial charge in [-0.3, -0.25) is 24.1 Å². The molecule has 2 amide bonds. The van der Waals surface area contributed by atoms with Crippen LogP contribution in [0.15, 0.2) is 36.7 Å². The summed E-state index contributed by atoms with van der Waals surface area (Å²) in [5, 5.41) is 31.2. The van der Waals surface area contributed by atoms with Crippen LogP contribution in [0.25, 0.3) is 11.0 Å². The molecule has 0 radical (unpaired) electrons. The summed E-state index contributed by atoms with van der Waals surface area (Å²) in [5.41, 5.74) is 15.8. The van der Waals surface area contributed by atoms with E-state index in [4.69, 9.17) is 30.8 Å². The summed E-state index contributed by atoms with van der Waals surface area (Å²) in [6.07, 6.45) is 6.91. The van der Waals surface area contributed by atoms with E-state index in [0.717, 1.165) is 90.9 Å². The second kappa shape index (κ2) is 24.9. The minimum Gasteiger partial charge on any atom is -0.496 e. The number of fused-ring (bicyclic) bond motifs is 1. The largest absolute Gasteiger partial charge is 0.496 e. The number of carbonyl (C=O) groups excluding carboxylic acids is 2. The Morgan fingerprint density at radius 1 is 0.968 bits per heavy atom. The van der Waals surface area contributed by atoms with E-state index in [1.54, 1.807) is 18.0 Å². The first-order chi connectivity index (χ1) is 30.4. The average molecular weight is 897 g/mol. The van der Waals surface area contributed by atoms with Gasteiger partial charge in [-0.1, -0.05) is 37.1 Å². The molecule has 0 saturated carbocycles. The van der Waals surface area contributed by atoms with Gasteiger partial charge in [-0.15, -0.1) is 16.9 Å². The Bertz CT molecular complexity index is 2110. The Morgan fingerprint density at radius 2 is 1.75 bits per heavy atom. The molecule has 5 rings (SSSR count). The van der Waals surface area contributed by atoms with Crippen molar-refractivity contribution in [3.63, 3.8) is 0 Å². The Hall–Kier alpha value is -5.55. The van der Waals surface area contributed by atoms with Crippen LogP contribution >= 0.6 is 11.8 Å². The molecule has 1 aliphatic heterocycles. The Balaban J connectivity index is 0.937. The number of hydrogen-bond acceptors (Lipinski definition) is 16. The number of amides is 2. The summed E-state index contributed by atoms with van der Waals surface area (Å²) >= 11 is 0.800. The lowest BCUT2D eigenvalue weighted by Crippen LogP contribution is -2.48. The van der Waals surface area contributed by atoms with E-state index in [0.29, 0.717) is 58.3 Å². The Kier molecular flexibility index (Phi) is 19.2. The maximum Gasteiger partial charge on any atom is 0.321 e. The molecular formula is C41H60N12O9S. The summed E-state index contributed by atoms with van der Waals surface area (Å²) in [6.45, 7) is 8.88. The fourth-order valence-corrected chi connectivity index (χ4v) is 7.84. The third-order valence-electron chi connectivity index (χ3n) is 10.3. The number of carbonyl (C=O) groups is 4. The van der Waals surface area contributed by atoms with Crippen LogP contribution in [0.2, 0.25) is 0 Å². The predicted octanol–water partition coefficient (Wildman–Crippen LogP) is 1.64. The number of carboxylic acids is 2. The number of hydrogen-bond donors (Lipinski definition) is 6. The molecule has 1 aliphatic rings. The molecule has 8 N–H and O–H groups in total. The molecule has 1 aromatic carbocycles. The van der Waals surface area contributed by atoms with E-state index >= 15 is 0 Å². The maximum absolute atomic E-state index is 12.9. The first kappa shape index (κ1) is 48.5. The second-order valence-corrected chi connectivity index (χ2v) is 16.3. The number of rotatable bonds is 28. The Labute approximate surface area is 370 Å². The van der Waals surface area contributed by atoms with Gasteiger partial charge in [0, 0.05) is 63.2 Å². The minimum absolute atomic E-state index is 0.0409. The fraction of sp³-hybridized carbons (Fsp3) is 0.561. The molecule has 344 valence electrons. The van der Waals surface area contributed by atoms with Gasteiger partial charge in [-0.25, -0.2) is 9.67 Å². The number of carboxylic acid groups (broad SMARTS) is 2. The van der Waals surface area contributed by atoms with Gasteiger partial charge in [-0.05, 0) is 24.1 Å².